The number of likely N-dealkylation sites (tertiary alicyclic amines) is 1. The second-order valence-electron chi connectivity index (χ2n) is 7.73. The number of nitrogens with two attached hydrogens (primary N) is 1. The Morgan fingerprint density at radius 3 is 2.26 bits per heavy atom. The highest BCUT2D eigenvalue weighted by molar-refractivity contribution is 5.82. The average Bonchev–Trinajstić information content (AvgIpc) is 3.41. The van der Waals surface area contributed by atoms with Gasteiger partial charge in [0, 0.05) is 25.0 Å². The Labute approximate surface area is 139 Å². The van der Waals surface area contributed by atoms with Crippen molar-refractivity contribution >= 4 is 11.8 Å². The molecule has 0 spiro atoms. The molecule has 130 valence electrons. The maximum atomic E-state index is 12.3. The van der Waals surface area contributed by atoms with Gasteiger partial charge in [0.05, 0.1) is 6.04 Å². The average molecular weight is 321 g/mol. The Morgan fingerprint density at radius 1 is 1.00 bits per heavy atom. The Bertz CT molecular complexity index is 422. The Balaban J connectivity index is 1.37. The minimum absolute atomic E-state index is 0.00235. The molecule has 1 heterocycles. The molecule has 2 aliphatic carbocycles. The van der Waals surface area contributed by atoms with E-state index in [4.69, 9.17) is 5.73 Å². The summed E-state index contributed by atoms with van der Waals surface area (Å²) in [6, 6.07) is -0.188. The highest BCUT2D eigenvalue weighted by Crippen LogP contribution is 2.32. The van der Waals surface area contributed by atoms with Gasteiger partial charge in [0.2, 0.25) is 11.8 Å². The summed E-state index contributed by atoms with van der Waals surface area (Å²) in [5.41, 5.74) is 6.11. The fourth-order valence-corrected chi connectivity index (χ4v) is 4.03. The lowest BCUT2D eigenvalue weighted by molar-refractivity contribution is -0.133. The van der Waals surface area contributed by atoms with Crippen LogP contribution in [0.5, 0.6) is 0 Å². The van der Waals surface area contributed by atoms with E-state index in [9.17, 15) is 9.59 Å². The lowest BCUT2D eigenvalue weighted by Gasteiger charge is -2.33. The summed E-state index contributed by atoms with van der Waals surface area (Å²) >= 11 is 0. The quantitative estimate of drug-likeness (QED) is 0.811. The van der Waals surface area contributed by atoms with Crippen LogP contribution in [0.1, 0.15) is 64.2 Å². The summed E-state index contributed by atoms with van der Waals surface area (Å²) in [6.07, 6.45) is 11.0. The predicted molar refractivity (Wildman–Crippen MR) is 89.6 cm³/mol. The van der Waals surface area contributed by atoms with Gasteiger partial charge in [0.15, 0.2) is 0 Å². The first-order valence-electron chi connectivity index (χ1n) is 9.48. The van der Waals surface area contributed by atoms with Crippen molar-refractivity contribution in [2.45, 2.75) is 76.3 Å². The van der Waals surface area contributed by atoms with Gasteiger partial charge in [-0.2, -0.15) is 0 Å². The summed E-state index contributed by atoms with van der Waals surface area (Å²) in [5.74, 6) is 1.25. The second-order valence-corrected chi connectivity index (χ2v) is 7.73. The molecule has 1 unspecified atom stereocenters. The third-order valence-corrected chi connectivity index (χ3v) is 5.73. The molecule has 1 saturated heterocycles. The van der Waals surface area contributed by atoms with Gasteiger partial charge < -0.3 is 16.0 Å². The first-order valence-corrected chi connectivity index (χ1v) is 9.48. The highest BCUT2D eigenvalue weighted by Gasteiger charge is 2.35. The predicted octanol–water partition coefficient (Wildman–Crippen LogP) is 1.80. The first-order chi connectivity index (χ1) is 11.1. The van der Waals surface area contributed by atoms with Crippen LogP contribution >= 0.6 is 0 Å². The van der Waals surface area contributed by atoms with Gasteiger partial charge in [-0.05, 0) is 38.0 Å². The lowest BCUT2D eigenvalue weighted by Crippen LogP contribution is -2.51. The van der Waals surface area contributed by atoms with Crippen molar-refractivity contribution in [3.8, 4) is 0 Å². The van der Waals surface area contributed by atoms with Gasteiger partial charge in [0.25, 0.3) is 0 Å². The standard InChI is InChI=1S/C18H31N3O2/c19-16(12-13-4-2-1-3-5-13)17(22)20-15-8-10-21(11-9-15)18(23)14-6-7-14/h13-16H,1-12,19H2,(H,20,22). The molecule has 5 heteroatoms. The van der Waals surface area contributed by atoms with Gasteiger partial charge in [-0.25, -0.2) is 0 Å². The summed E-state index contributed by atoms with van der Waals surface area (Å²) in [7, 11) is 0. The van der Waals surface area contributed by atoms with Crippen LogP contribution in [0.2, 0.25) is 0 Å². The molecule has 0 aromatic rings. The van der Waals surface area contributed by atoms with Crippen LogP contribution < -0.4 is 11.1 Å². The maximum absolute atomic E-state index is 12.3. The molecule has 3 aliphatic rings. The number of nitrogens with zero attached hydrogens (tertiary/aromatic N) is 1. The Morgan fingerprint density at radius 2 is 1.65 bits per heavy atom. The van der Waals surface area contributed by atoms with Crippen LogP contribution in [0.3, 0.4) is 0 Å². The molecule has 5 nitrogen and oxygen atoms in total. The number of carbonyl (C=O) groups excluding carboxylic acids is 2. The van der Waals surface area contributed by atoms with E-state index in [-0.39, 0.29) is 18.0 Å². The van der Waals surface area contributed by atoms with E-state index in [1.54, 1.807) is 0 Å². The molecule has 1 atom stereocenters. The maximum Gasteiger partial charge on any atom is 0.237 e. The van der Waals surface area contributed by atoms with E-state index in [2.05, 4.69) is 5.32 Å². The number of hydrogen-bond donors (Lipinski definition) is 2. The third-order valence-electron chi connectivity index (χ3n) is 5.73. The molecule has 23 heavy (non-hydrogen) atoms. The number of carbonyl (C=O) groups is 2. The lowest BCUT2D eigenvalue weighted by atomic mass is 9.85. The first kappa shape index (κ1) is 16.7. The zero-order chi connectivity index (χ0) is 16.2. The van der Waals surface area contributed by atoms with Crippen molar-refractivity contribution in [3.05, 3.63) is 0 Å². The van der Waals surface area contributed by atoms with Crippen LogP contribution in [-0.4, -0.2) is 41.9 Å². The van der Waals surface area contributed by atoms with E-state index in [0.717, 1.165) is 45.2 Å². The van der Waals surface area contributed by atoms with Crippen LogP contribution in [-0.2, 0) is 9.59 Å². The summed E-state index contributed by atoms with van der Waals surface area (Å²) in [5, 5.41) is 3.11. The molecule has 3 N–H and O–H groups in total. The van der Waals surface area contributed by atoms with Crippen molar-refractivity contribution in [1.29, 1.82) is 0 Å². The van der Waals surface area contributed by atoms with Crippen molar-refractivity contribution in [2.75, 3.05) is 13.1 Å². The number of piperidine rings is 1. The second kappa shape index (κ2) is 7.65. The Kier molecular flexibility index (Phi) is 5.57. The van der Waals surface area contributed by atoms with E-state index in [0.29, 0.717) is 17.7 Å². The fourth-order valence-electron chi connectivity index (χ4n) is 4.03. The van der Waals surface area contributed by atoms with E-state index >= 15 is 0 Å². The van der Waals surface area contributed by atoms with Crippen LogP contribution in [0.25, 0.3) is 0 Å². The molecular weight excluding hydrogens is 290 g/mol. The molecule has 2 saturated carbocycles. The molecule has 0 aromatic heterocycles. The number of rotatable bonds is 5. The van der Waals surface area contributed by atoms with Gasteiger partial charge in [0.1, 0.15) is 0 Å². The highest BCUT2D eigenvalue weighted by atomic mass is 16.2. The molecule has 0 radical (unpaired) electrons. The smallest absolute Gasteiger partial charge is 0.237 e. The molecule has 3 rings (SSSR count). The van der Waals surface area contributed by atoms with Gasteiger partial charge in [-0.15, -0.1) is 0 Å². The number of hydrogen-bond acceptors (Lipinski definition) is 3. The zero-order valence-electron chi connectivity index (χ0n) is 14.1. The molecular formula is C18H31N3O2. The van der Waals surface area contributed by atoms with E-state index in [1.807, 2.05) is 4.90 Å². The summed E-state index contributed by atoms with van der Waals surface area (Å²) in [6.45, 7) is 1.55. The Hall–Kier alpha value is -1.10. The van der Waals surface area contributed by atoms with Crippen molar-refractivity contribution in [2.24, 2.45) is 17.6 Å². The van der Waals surface area contributed by atoms with Gasteiger partial charge in [-0.1, -0.05) is 32.1 Å². The molecule has 3 fully saturated rings. The number of amides is 2. The number of nitrogens with one attached hydrogen (secondary N) is 1. The minimum atomic E-state index is -0.371. The summed E-state index contributed by atoms with van der Waals surface area (Å²) in [4.78, 5) is 26.3. The minimum Gasteiger partial charge on any atom is -0.352 e. The summed E-state index contributed by atoms with van der Waals surface area (Å²) < 4.78 is 0. The molecule has 2 amide bonds. The van der Waals surface area contributed by atoms with Gasteiger partial charge >= 0.3 is 0 Å². The fraction of sp³-hybridized carbons (Fsp3) is 0.889. The normalized spacial score (nSPS) is 25.2. The largest absolute Gasteiger partial charge is 0.352 e. The van der Waals surface area contributed by atoms with Crippen LogP contribution in [0, 0.1) is 11.8 Å². The molecule has 0 aromatic carbocycles. The van der Waals surface area contributed by atoms with Gasteiger partial charge in [-0.3, -0.25) is 9.59 Å². The molecule has 1 aliphatic heterocycles. The van der Waals surface area contributed by atoms with Crippen molar-refractivity contribution in [3.63, 3.8) is 0 Å². The zero-order valence-corrected chi connectivity index (χ0v) is 14.1. The third kappa shape index (κ3) is 4.69. The van der Waals surface area contributed by atoms with E-state index < -0.39 is 0 Å². The van der Waals surface area contributed by atoms with Crippen LogP contribution in [0.15, 0.2) is 0 Å². The topological polar surface area (TPSA) is 75.4 Å². The SMILES string of the molecule is NC(CC1CCCCC1)C(=O)NC1CCN(C(=O)C2CC2)CC1. The molecule has 0 bridgehead atoms. The van der Waals surface area contributed by atoms with Crippen molar-refractivity contribution < 1.29 is 9.59 Å². The van der Waals surface area contributed by atoms with E-state index in [1.165, 1.54) is 32.1 Å². The van der Waals surface area contributed by atoms with Crippen molar-refractivity contribution in [1.82, 2.24) is 10.2 Å². The van der Waals surface area contributed by atoms with Crippen LogP contribution in [0.4, 0.5) is 0 Å². The monoisotopic (exact) mass is 321 g/mol.